The molecule has 3 aliphatic carbocycles. The monoisotopic (exact) mass is 811 g/mol. The van der Waals surface area contributed by atoms with E-state index in [2.05, 4.69) is 199 Å². The molecule has 5 aromatic rings. The van der Waals surface area contributed by atoms with Crippen LogP contribution in [0.3, 0.4) is 0 Å². The van der Waals surface area contributed by atoms with Crippen LogP contribution in [0, 0.1) is 10.8 Å². The molecule has 1 aromatic heterocycles. The summed E-state index contributed by atoms with van der Waals surface area (Å²) in [6.45, 7) is 29.7. The van der Waals surface area contributed by atoms with Crippen molar-refractivity contribution in [2.24, 2.45) is 10.8 Å². The topological polar surface area (TPSA) is 3.24 Å². The highest BCUT2D eigenvalue weighted by molar-refractivity contribution is 7.25. The predicted octanol–water partition coefficient (Wildman–Crippen LogP) is 17.2. The highest BCUT2D eigenvalue weighted by Gasteiger charge is 2.41. The van der Waals surface area contributed by atoms with Gasteiger partial charge in [-0.3, -0.25) is 0 Å². The summed E-state index contributed by atoms with van der Waals surface area (Å²) >= 11 is 1.85. The molecule has 304 valence electrons. The molecule has 0 spiro atoms. The molecule has 0 unspecified atom stereocenters. The van der Waals surface area contributed by atoms with Gasteiger partial charge < -0.3 is 4.90 Å². The Hall–Kier alpha value is -6.22. The van der Waals surface area contributed by atoms with Crippen molar-refractivity contribution in [1.82, 2.24) is 0 Å². The Morgan fingerprint density at radius 2 is 1.54 bits per heavy atom. The van der Waals surface area contributed by atoms with Gasteiger partial charge in [0.05, 0.1) is 0 Å². The first-order chi connectivity index (χ1) is 29.3. The van der Waals surface area contributed by atoms with Crippen molar-refractivity contribution in [3.05, 3.63) is 239 Å². The number of hydrogen-bond donors (Lipinski definition) is 0. The van der Waals surface area contributed by atoms with Crippen molar-refractivity contribution >= 4 is 42.8 Å². The van der Waals surface area contributed by atoms with Crippen LogP contribution in [0.5, 0.6) is 0 Å². The van der Waals surface area contributed by atoms with E-state index in [4.69, 9.17) is 13.2 Å². The lowest BCUT2D eigenvalue weighted by atomic mass is 9.68. The zero-order valence-electron chi connectivity index (χ0n) is 36.9. The van der Waals surface area contributed by atoms with Gasteiger partial charge in [0.25, 0.3) is 0 Å². The number of anilines is 1. The van der Waals surface area contributed by atoms with E-state index in [-0.39, 0.29) is 10.8 Å². The third kappa shape index (κ3) is 7.82. The summed E-state index contributed by atoms with van der Waals surface area (Å²) in [5.74, 6) is 0. The second-order valence-electron chi connectivity index (χ2n) is 17.7. The van der Waals surface area contributed by atoms with E-state index in [1.54, 1.807) is 0 Å². The Kier molecular flexibility index (Phi) is 11.3. The van der Waals surface area contributed by atoms with E-state index in [1.807, 2.05) is 30.4 Å². The number of nitrogens with zero attached hydrogens (tertiary/aromatic N) is 1. The van der Waals surface area contributed by atoms with Gasteiger partial charge in [-0.15, -0.1) is 11.3 Å². The second kappa shape index (κ2) is 16.7. The fourth-order valence-electron chi connectivity index (χ4n) is 9.29. The van der Waals surface area contributed by atoms with Gasteiger partial charge in [-0.05, 0) is 149 Å². The largest absolute Gasteiger partial charge is 0.311 e. The van der Waals surface area contributed by atoms with Crippen molar-refractivity contribution < 1.29 is 0 Å². The highest BCUT2D eigenvalue weighted by Crippen LogP contribution is 2.55. The van der Waals surface area contributed by atoms with Crippen molar-refractivity contribution in [2.75, 3.05) is 4.90 Å². The van der Waals surface area contributed by atoms with Crippen molar-refractivity contribution in [2.45, 2.75) is 61.3 Å². The lowest BCUT2D eigenvalue weighted by molar-refractivity contribution is 0.431. The van der Waals surface area contributed by atoms with Gasteiger partial charge in [-0.25, -0.2) is 0 Å². The van der Waals surface area contributed by atoms with Crippen LogP contribution in [0.2, 0.25) is 0 Å². The maximum Gasteiger partial charge on any atom is 0.0461 e. The summed E-state index contributed by atoms with van der Waals surface area (Å²) in [7, 11) is 0. The molecule has 61 heavy (non-hydrogen) atoms. The number of hydrogen-bond acceptors (Lipinski definition) is 2. The van der Waals surface area contributed by atoms with Crippen LogP contribution in [0.25, 0.3) is 36.9 Å². The van der Waals surface area contributed by atoms with Crippen LogP contribution in [0.1, 0.15) is 66.9 Å². The molecule has 0 aliphatic heterocycles. The first-order valence-electron chi connectivity index (χ1n) is 21.5. The fraction of sp³-hybridized carbons (Fsp3) is 0.186. The maximum atomic E-state index is 4.71. The minimum atomic E-state index is -0.196. The van der Waals surface area contributed by atoms with E-state index < -0.39 is 0 Å². The van der Waals surface area contributed by atoms with Gasteiger partial charge in [0.2, 0.25) is 0 Å². The van der Waals surface area contributed by atoms with E-state index in [1.165, 1.54) is 81.4 Å². The number of rotatable bonds is 10. The molecular weight excluding hydrogens is 755 g/mol. The molecule has 0 fully saturated rings. The summed E-state index contributed by atoms with van der Waals surface area (Å²) in [6, 6.07) is 34.9. The number of allylic oxidation sites excluding steroid dienone is 19. The zero-order valence-corrected chi connectivity index (χ0v) is 37.7. The summed E-state index contributed by atoms with van der Waals surface area (Å²) in [4.78, 5) is 2.21. The van der Waals surface area contributed by atoms with Gasteiger partial charge in [0.15, 0.2) is 0 Å². The lowest BCUT2D eigenvalue weighted by Crippen LogP contribution is -2.23. The lowest BCUT2D eigenvalue weighted by Gasteiger charge is -2.36. The average molecular weight is 812 g/mol. The van der Waals surface area contributed by atoms with Gasteiger partial charge in [-0.2, -0.15) is 0 Å². The molecule has 8 rings (SSSR count). The normalized spacial score (nSPS) is 18.5. The average Bonchev–Trinajstić information content (AvgIpc) is 3.62. The SMILES string of the molecule is C=C/C(=C\C=C/C)N(C(=C)/C=C\C1=C(C)C(C)(C)CC2=CCC3=C(C=C21)C(C)(C)/C(=C/C=C(\C)c1ccccc1)C3=C)c1ccc(-c2ccc3c(c2)sc2ccccc23)cc1. The molecule has 1 nitrogen and oxygen atoms in total. The molecule has 2 heteroatoms. The Morgan fingerprint density at radius 1 is 0.836 bits per heavy atom. The van der Waals surface area contributed by atoms with Crippen molar-refractivity contribution in [3.63, 3.8) is 0 Å². The van der Waals surface area contributed by atoms with Gasteiger partial charge >= 0.3 is 0 Å². The Labute approximate surface area is 368 Å². The minimum Gasteiger partial charge on any atom is -0.311 e. The molecule has 0 bridgehead atoms. The minimum absolute atomic E-state index is 0.00276. The molecule has 0 saturated carbocycles. The molecule has 0 saturated heterocycles. The molecule has 1 heterocycles. The first-order valence-corrected chi connectivity index (χ1v) is 22.3. The second-order valence-corrected chi connectivity index (χ2v) is 18.8. The molecule has 0 atom stereocenters. The van der Waals surface area contributed by atoms with Crippen LogP contribution in [0.15, 0.2) is 234 Å². The first kappa shape index (κ1) is 41.5. The third-order valence-electron chi connectivity index (χ3n) is 13.1. The molecule has 4 aromatic carbocycles. The smallest absolute Gasteiger partial charge is 0.0461 e. The van der Waals surface area contributed by atoms with Gasteiger partial charge in [0.1, 0.15) is 0 Å². The Morgan fingerprint density at radius 3 is 2.28 bits per heavy atom. The maximum absolute atomic E-state index is 4.71. The molecule has 3 aliphatic rings. The molecule has 0 radical (unpaired) electrons. The van der Waals surface area contributed by atoms with E-state index >= 15 is 0 Å². The highest BCUT2D eigenvalue weighted by atomic mass is 32.1. The van der Waals surface area contributed by atoms with E-state index in [0.29, 0.717) is 0 Å². The third-order valence-corrected chi connectivity index (χ3v) is 14.2. The van der Waals surface area contributed by atoms with Crippen LogP contribution < -0.4 is 4.90 Å². The van der Waals surface area contributed by atoms with E-state index in [9.17, 15) is 0 Å². The Bertz CT molecular complexity index is 2900. The number of fused-ring (bicyclic) bond motifs is 4. The number of benzene rings is 4. The standard InChI is InChI=1S/C59H57NS/c1-11-13-21-47(12-2)60(48-30-26-44(27-31-48)45-28-34-52-51-22-17-18-23-56(51)61-57(52)36-45)40(4)25-32-50-42(6)58(7,8)38-46-29-33-49-41(5)54(59(9,10)55(49)37-53(46)50)35-24-39(3)43-19-15-14-16-20-43/h11-32,34-37H,2,4-5,33,38H2,1,3,6-10H3/b13-11-,32-25-,39-24+,47-21+,54-35+. The van der Waals surface area contributed by atoms with E-state index in [0.717, 1.165) is 35.5 Å². The Balaban J connectivity index is 1.14. The molecule has 0 amide bonds. The zero-order chi connectivity index (χ0) is 43.1. The van der Waals surface area contributed by atoms with Crippen molar-refractivity contribution in [1.29, 1.82) is 0 Å². The summed E-state index contributed by atoms with van der Waals surface area (Å²) in [5, 5.41) is 2.63. The summed E-state index contributed by atoms with van der Waals surface area (Å²) in [5.41, 5.74) is 18.0. The van der Waals surface area contributed by atoms with Gasteiger partial charge in [0, 0.05) is 42.7 Å². The summed E-state index contributed by atoms with van der Waals surface area (Å²) < 4.78 is 2.63. The number of thiophene rings is 1. The molecular formula is C59H57NS. The van der Waals surface area contributed by atoms with Crippen LogP contribution in [0.4, 0.5) is 5.69 Å². The predicted molar refractivity (Wildman–Crippen MR) is 269 cm³/mol. The van der Waals surface area contributed by atoms with Crippen LogP contribution >= 0.6 is 11.3 Å². The van der Waals surface area contributed by atoms with Crippen LogP contribution in [-0.2, 0) is 0 Å². The summed E-state index contributed by atoms with van der Waals surface area (Å²) in [6.07, 6.45) is 24.0. The van der Waals surface area contributed by atoms with Gasteiger partial charge in [-0.1, -0.05) is 162 Å². The molecule has 0 N–H and O–H groups in total. The fourth-order valence-corrected chi connectivity index (χ4v) is 10.4. The van der Waals surface area contributed by atoms with Crippen molar-refractivity contribution in [3.8, 4) is 11.1 Å². The van der Waals surface area contributed by atoms with Crippen LogP contribution in [-0.4, -0.2) is 0 Å². The quantitative estimate of drug-likeness (QED) is 0.127.